The Morgan fingerprint density at radius 2 is 1.89 bits per heavy atom. The Morgan fingerprint density at radius 1 is 1.17 bits per heavy atom. The highest BCUT2D eigenvalue weighted by atomic mass is 15.1. The molecule has 0 spiro atoms. The Balaban J connectivity index is 2.35. The molecule has 0 saturated carbocycles. The molecule has 1 aromatic carbocycles. The van der Waals surface area contributed by atoms with E-state index in [9.17, 15) is 0 Å². The van der Waals surface area contributed by atoms with Crippen LogP contribution < -0.4 is 10.6 Å². The van der Waals surface area contributed by atoms with E-state index in [0.29, 0.717) is 0 Å². The molecule has 1 aliphatic heterocycles. The van der Waals surface area contributed by atoms with Gasteiger partial charge in [-0.3, -0.25) is 0 Å². The van der Waals surface area contributed by atoms with Gasteiger partial charge in [0.15, 0.2) is 0 Å². The van der Waals surface area contributed by atoms with Gasteiger partial charge in [-0.1, -0.05) is 39.0 Å². The molecule has 0 aromatic heterocycles. The van der Waals surface area contributed by atoms with Gasteiger partial charge in [-0.05, 0) is 36.0 Å². The Bertz CT molecular complexity index is 423. The van der Waals surface area contributed by atoms with Crippen molar-refractivity contribution in [2.45, 2.75) is 45.6 Å². The third-order valence-corrected chi connectivity index (χ3v) is 3.98. The van der Waals surface area contributed by atoms with Gasteiger partial charge >= 0.3 is 0 Å². The minimum absolute atomic E-state index is 0.0682. The van der Waals surface area contributed by atoms with Gasteiger partial charge in [-0.15, -0.1) is 0 Å². The molecule has 0 bridgehead atoms. The fraction of sp³-hybridized carbons (Fsp3) is 0.625. The molecule has 1 fully saturated rings. The zero-order chi connectivity index (χ0) is 13.4. The van der Waals surface area contributed by atoms with E-state index in [0.717, 1.165) is 19.6 Å². The molecule has 2 nitrogen and oxygen atoms in total. The smallest absolute Gasteiger partial charge is 0.0535 e. The predicted octanol–water partition coefficient (Wildman–Crippen LogP) is 2.70. The summed E-state index contributed by atoms with van der Waals surface area (Å²) in [6, 6.07) is 6.93. The first kappa shape index (κ1) is 13.6. The molecule has 0 aliphatic carbocycles. The standard InChI is InChI=1S/C16H26N2/c1-12-10-13(15(2,3)4)6-7-14(12)16(5)11-17-8-9-18-16/h6-7,10,17-18H,8-9,11H2,1-5H3. The van der Waals surface area contributed by atoms with Gasteiger partial charge < -0.3 is 10.6 Å². The van der Waals surface area contributed by atoms with Gasteiger partial charge in [-0.2, -0.15) is 0 Å². The van der Waals surface area contributed by atoms with Crippen molar-refractivity contribution >= 4 is 0 Å². The second-order valence-corrected chi connectivity index (χ2v) is 6.72. The Morgan fingerprint density at radius 3 is 2.39 bits per heavy atom. The van der Waals surface area contributed by atoms with Gasteiger partial charge in [0.1, 0.15) is 0 Å². The third kappa shape index (κ3) is 2.60. The molecule has 1 heterocycles. The molecular weight excluding hydrogens is 220 g/mol. The summed E-state index contributed by atoms with van der Waals surface area (Å²) in [7, 11) is 0. The molecule has 100 valence electrons. The Hall–Kier alpha value is -0.860. The number of benzene rings is 1. The predicted molar refractivity (Wildman–Crippen MR) is 78.1 cm³/mol. The zero-order valence-corrected chi connectivity index (χ0v) is 12.4. The van der Waals surface area contributed by atoms with E-state index in [1.165, 1.54) is 16.7 Å². The lowest BCUT2D eigenvalue weighted by atomic mass is 9.81. The Labute approximate surface area is 111 Å². The van der Waals surface area contributed by atoms with Crippen LogP contribution >= 0.6 is 0 Å². The summed E-state index contributed by atoms with van der Waals surface area (Å²) in [5.41, 5.74) is 4.52. The maximum Gasteiger partial charge on any atom is 0.0535 e. The van der Waals surface area contributed by atoms with E-state index in [1.54, 1.807) is 0 Å². The summed E-state index contributed by atoms with van der Waals surface area (Å²) in [5, 5.41) is 7.13. The zero-order valence-electron chi connectivity index (χ0n) is 12.4. The quantitative estimate of drug-likeness (QED) is 0.796. The second-order valence-electron chi connectivity index (χ2n) is 6.72. The van der Waals surface area contributed by atoms with Gasteiger partial charge in [0.05, 0.1) is 5.54 Å². The van der Waals surface area contributed by atoms with Crippen molar-refractivity contribution < 1.29 is 0 Å². The van der Waals surface area contributed by atoms with Crippen LogP contribution in [0, 0.1) is 6.92 Å². The summed E-state index contributed by atoms with van der Waals surface area (Å²) < 4.78 is 0. The summed E-state index contributed by atoms with van der Waals surface area (Å²) in [6.07, 6.45) is 0. The van der Waals surface area contributed by atoms with E-state index in [2.05, 4.69) is 63.5 Å². The summed E-state index contributed by atoms with van der Waals surface area (Å²) >= 11 is 0. The minimum Gasteiger partial charge on any atom is -0.313 e. The molecule has 0 radical (unpaired) electrons. The maximum absolute atomic E-state index is 3.65. The SMILES string of the molecule is Cc1cc(C(C)(C)C)ccc1C1(C)CNCCN1. The number of rotatable bonds is 1. The number of hydrogen-bond donors (Lipinski definition) is 2. The molecule has 1 aliphatic rings. The van der Waals surface area contributed by atoms with Gasteiger partial charge in [0.25, 0.3) is 0 Å². The lowest BCUT2D eigenvalue weighted by Crippen LogP contribution is -2.55. The molecule has 2 heteroatoms. The van der Waals surface area contributed by atoms with Crippen LogP contribution in [0.25, 0.3) is 0 Å². The molecule has 1 unspecified atom stereocenters. The van der Waals surface area contributed by atoms with E-state index in [4.69, 9.17) is 0 Å². The maximum atomic E-state index is 3.65. The molecule has 1 atom stereocenters. The van der Waals surface area contributed by atoms with Crippen molar-refractivity contribution in [1.29, 1.82) is 0 Å². The summed E-state index contributed by atoms with van der Waals surface area (Å²) in [6.45, 7) is 14.4. The van der Waals surface area contributed by atoms with Crippen LogP contribution in [-0.4, -0.2) is 19.6 Å². The second kappa shape index (κ2) is 4.67. The number of nitrogens with one attached hydrogen (secondary N) is 2. The van der Waals surface area contributed by atoms with Gasteiger partial charge in [0.2, 0.25) is 0 Å². The van der Waals surface area contributed by atoms with Crippen molar-refractivity contribution in [2.75, 3.05) is 19.6 Å². The van der Waals surface area contributed by atoms with Crippen molar-refractivity contribution in [2.24, 2.45) is 0 Å². The van der Waals surface area contributed by atoms with Crippen LogP contribution in [0.3, 0.4) is 0 Å². The normalized spacial score (nSPS) is 25.2. The highest BCUT2D eigenvalue weighted by Gasteiger charge is 2.30. The first-order valence-electron chi connectivity index (χ1n) is 6.90. The fourth-order valence-corrected chi connectivity index (χ4v) is 2.77. The largest absolute Gasteiger partial charge is 0.313 e. The van der Waals surface area contributed by atoms with Crippen LogP contribution in [0.15, 0.2) is 18.2 Å². The molecule has 1 aromatic rings. The number of piperazine rings is 1. The number of aryl methyl sites for hydroxylation is 1. The molecule has 18 heavy (non-hydrogen) atoms. The topological polar surface area (TPSA) is 24.1 Å². The van der Waals surface area contributed by atoms with E-state index in [-0.39, 0.29) is 11.0 Å². The first-order valence-corrected chi connectivity index (χ1v) is 6.90. The molecule has 2 N–H and O–H groups in total. The van der Waals surface area contributed by atoms with E-state index >= 15 is 0 Å². The molecular formula is C16H26N2. The average Bonchev–Trinajstić information content (AvgIpc) is 2.28. The van der Waals surface area contributed by atoms with E-state index < -0.39 is 0 Å². The van der Waals surface area contributed by atoms with Crippen LogP contribution in [0.1, 0.15) is 44.4 Å². The van der Waals surface area contributed by atoms with Crippen molar-refractivity contribution in [1.82, 2.24) is 10.6 Å². The van der Waals surface area contributed by atoms with Crippen LogP contribution in [-0.2, 0) is 11.0 Å². The summed E-state index contributed by atoms with van der Waals surface area (Å²) in [4.78, 5) is 0. The van der Waals surface area contributed by atoms with Crippen molar-refractivity contribution in [3.8, 4) is 0 Å². The van der Waals surface area contributed by atoms with Crippen LogP contribution in [0.4, 0.5) is 0 Å². The molecule has 2 rings (SSSR count). The highest BCUT2D eigenvalue weighted by Crippen LogP contribution is 2.29. The van der Waals surface area contributed by atoms with Crippen LogP contribution in [0.2, 0.25) is 0 Å². The molecule has 0 amide bonds. The van der Waals surface area contributed by atoms with Crippen molar-refractivity contribution in [3.63, 3.8) is 0 Å². The molecule has 1 saturated heterocycles. The van der Waals surface area contributed by atoms with Crippen molar-refractivity contribution in [3.05, 3.63) is 34.9 Å². The summed E-state index contributed by atoms with van der Waals surface area (Å²) in [5.74, 6) is 0. The minimum atomic E-state index is 0.0682. The third-order valence-electron chi connectivity index (χ3n) is 3.98. The number of hydrogen-bond acceptors (Lipinski definition) is 2. The van der Waals surface area contributed by atoms with Crippen LogP contribution in [0.5, 0.6) is 0 Å². The average molecular weight is 246 g/mol. The fourth-order valence-electron chi connectivity index (χ4n) is 2.77. The van der Waals surface area contributed by atoms with Gasteiger partial charge in [-0.25, -0.2) is 0 Å². The first-order chi connectivity index (χ1) is 8.33. The Kier molecular flexibility index (Phi) is 3.52. The monoisotopic (exact) mass is 246 g/mol. The lowest BCUT2D eigenvalue weighted by Gasteiger charge is -2.37. The van der Waals surface area contributed by atoms with Gasteiger partial charge in [0, 0.05) is 19.6 Å². The highest BCUT2D eigenvalue weighted by molar-refractivity contribution is 5.39. The lowest BCUT2D eigenvalue weighted by molar-refractivity contribution is 0.301. The van der Waals surface area contributed by atoms with E-state index in [1.807, 2.05) is 0 Å².